The van der Waals surface area contributed by atoms with Gasteiger partial charge in [0.2, 0.25) is 41.4 Å². The fraction of sp³-hybridized carbons (Fsp3) is 0.627. The molecule has 2 aromatic carbocycles. The Morgan fingerprint density at radius 3 is 1.60 bits per heavy atom. The van der Waals surface area contributed by atoms with Crippen LogP contribution in [0.2, 0.25) is 0 Å². The summed E-state index contributed by atoms with van der Waals surface area (Å²) in [6.45, 7) is 16.3. The van der Waals surface area contributed by atoms with Crippen LogP contribution in [-0.2, 0) is 65.5 Å². The Hall–Kier alpha value is -6.90. The third-order valence-electron chi connectivity index (χ3n) is 15.8. The number of aliphatic carboxylic acids is 1. The smallest absolute Gasteiger partial charge is 0.332 e. The first-order valence-electron chi connectivity index (χ1n) is 28.0. The van der Waals surface area contributed by atoms with E-state index in [-0.39, 0.29) is 32.2 Å². The van der Waals surface area contributed by atoms with Crippen molar-refractivity contribution in [3.63, 3.8) is 0 Å². The molecule has 0 spiro atoms. The Labute approximate surface area is 471 Å². The Morgan fingerprint density at radius 2 is 1.11 bits per heavy atom. The van der Waals surface area contributed by atoms with Gasteiger partial charge in [0.15, 0.2) is 12.1 Å². The number of amides is 8. The quantitative estimate of drug-likeness (QED) is 0.170. The van der Waals surface area contributed by atoms with Crippen LogP contribution in [0.4, 0.5) is 0 Å². The van der Waals surface area contributed by atoms with E-state index in [0.717, 1.165) is 21.7 Å². The number of nitrogens with zero attached hydrogens (tertiary/aromatic N) is 5. The third kappa shape index (κ3) is 16.4. The number of carboxylic acids is 1. The standard InChI is InChI=1S/C59H88N8O13/c1-15-36(7)45-56(76)64(12)46(34(3)4)51(71)60-40(29-30-44(68)69)53(73)66(14)49(59(9,10)79)58(78)80-48(37(8)16-2)57(77)65(13)47(35(5)6)52(72)61-41(32-38-24-19-17-20-25-38)54(74)63(11)43(33-39-26-21-18-22-27-39)55(75)67-31-23-28-42(67)50(70)62-45/h17-22,24-27,34-37,40-43,45-49,79H,15-16,23,28-33H2,1-14H3,(H,60,71)(H,61,72)(H,62,70)(H,68,69)/t36-,37-,40+,41+,42+,43+,45+,46+,47+,48-,49-/m1/s1. The van der Waals surface area contributed by atoms with Crippen LogP contribution in [-0.4, -0.2) is 189 Å². The van der Waals surface area contributed by atoms with Crippen molar-refractivity contribution >= 4 is 59.2 Å². The number of aliphatic hydroxyl groups is 1. The van der Waals surface area contributed by atoms with Crippen LogP contribution in [0.5, 0.6) is 0 Å². The summed E-state index contributed by atoms with van der Waals surface area (Å²) in [4.78, 5) is 152. The maximum Gasteiger partial charge on any atom is 0.332 e. The zero-order chi connectivity index (χ0) is 60.1. The van der Waals surface area contributed by atoms with Gasteiger partial charge in [-0.2, -0.15) is 0 Å². The van der Waals surface area contributed by atoms with Gasteiger partial charge in [-0.05, 0) is 68.4 Å². The fourth-order valence-electron chi connectivity index (χ4n) is 10.8. The summed E-state index contributed by atoms with van der Waals surface area (Å²) >= 11 is 0. The van der Waals surface area contributed by atoms with Crippen LogP contribution < -0.4 is 16.0 Å². The predicted octanol–water partition coefficient (Wildman–Crippen LogP) is 3.19. The number of carboxylic acid groups (broad SMARTS) is 1. The molecule has 21 nitrogen and oxygen atoms in total. The van der Waals surface area contributed by atoms with E-state index in [0.29, 0.717) is 24.0 Å². The number of carbonyl (C=O) groups excluding carboxylic acids is 9. The molecule has 8 amide bonds. The highest BCUT2D eigenvalue weighted by Gasteiger charge is 2.48. The van der Waals surface area contributed by atoms with Crippen molar-refractivity contribution < 1.29 is 62.9 Å². The van der Waals surface area contributed by atoms with E-state index >= 15 is 9.59 Å². The van der Waals surface area contributed by atoms with Crippen molar-refractivity contribution in [2.45, 2.75) is 181 Å². The van der Waals surface area contributed by atoms with Crippen LogP contribution in [0.25, 0.3) is 0 Å². The van der Waals surface area contributed by atoms with Crippen LogP contribution in [0.15, 0.2) is 60.7 Å². The van der Waals surface area contributed by atoms with Gasteiger partial charge < -0.3 is 55.4 Å². The number of esters is 1. The number of likely N-dealkylation sites (N-methyl/N-ethyl adjacent to an activating group) is 4. The minimum absolute atomic E-state index is 0.0185. The lowest BCUT2D eigenvalue weighted by molar-refractivity contribution is -0.177. The molecular formula is C59H88N8O13. The van der Waals surface area contributed by atoms with Gasteiger partial charge in [0, 0.05) is 59.9 Å². The van der Waals surface area contributed by atoms with Crippen molar-refractivity contribution in [3.05, 3.63) is 71.8 Å². The summed E-state index contributed by atoms with van der Waals surface area (Å²) < 4.78 is 6.02. The van der Waals surface area contributed by atoms with Crippen molar-refractivity contribution in [2.75, 3.05) is 34.7 Å². The monoisotopic (exact) mass is 1120 g/mol. The molecule has 4 rings (SSSR count). The molecule has 2 saturated heterocycles. The van der Waals surface area contributed by atoms with Crippen LogP contribution in [0, 0.1) is 23.7 Å². The normalized spacial score (nSPS) is 26.2. The molecule has 0 radical (unpaired) electrons. The highest BCUT2D eigenvalue weighted by Crippen LogP contribution is 2.27. The third-order valence-corrected chi connectivity index (χ3v) is 15.8. The van der Waals surface area contributed by atoms with Gasteiger partial charge in [0.1, 0.15) is 42.3 Å². The number of hydrogen-bond donors (Lipinski definition) is 5. The summed E-state index contributed by atoms with van der Waals surface area (Å²) in [5, 5.41) is 29.9. The number of rotatable bonds is 14. The molecule has 0 bridgehead atoms. The summed E-state index contributed by atoms with van der Waals surface area (Å²) in [6, 6.07) is 7.00. The summed E-state index contributed by atoms with van der Waals surface area (Å²) in [6.07, 6.45) is -1.42. The number of ether oxygens (including phenoxy) is 1. The molecule has 2 aromatic rings. The van der Waals surface area contributed by atoms with Gasteiger partial charge >= 0.3 is 11.9 Å². The lowest BCUT2D eigenvalue weighted by atomic mass is 9.94. The number of cyclic esters (lactones) is 1. The zero-order valence-corrected chi connectivity index (χ0v) is 49.3. The molecule has 0 saturated carbocycles. The molecule has 80 heavy (non-hydrogen) atoms. The molecule has 5 N–H and O–H groups in total. The largest absolute Gasteiger partial charge is 0.481 e. The number of hydrogen-bond acceptors (Lipinski definition) is 12. The summed E-state index contributed by atoms with van der Waals surface area (Å²) in [5.41, 5.74) is -0.718. The number of fused-ring (bicyclic) bond motifs is 1. The van der Waals surface area contributed by atoms with Crippen molar-refractivity contribution in [2.24, 2.45) is 23.7 Å². The van der Waals surface area contributed by atoms with Gasteiger partial charge in [-0.15, -0.1) is 0 Å². The molecule has 0 aromatic heterocycles. The SMILES string of the molecule is CC[C@@H](C)[C@@H]1NC(=O)[C@@H]2CCCN2C(=O)[C@H](Cc2ccccc2)N(C)C(=O)[C@H](Cc2ccccc2)NC(=O)[C@H](C(C)C)N(C)C(=O)[C@@H]([C@H](C)CC)OC(=O)[C@H](C(C)(C)O)N(C)C(=O)[C@H](CCC(=O)O)NC(=O)[C@H](C(C)C)N(C)C1=O. The van der Waals surface area contributed by atoms with Crippen LogP contribution >= 0.6 is 0 Å². The van der Waals surface area contributed by atoms with Crippen LogP contribution in [0.1, 0.15) is 119 Å². The second-order valence-electron chi connectivity index (χ2n) is 23.0. The van der Waals surface area contributed by atoms with Crippen molar-refractivity contribution in [1.82, 2.24) is 40.4 Å². The van der Waals surface area contributed by atoms with E-state index in [2.05, 4.69) is 16.0 Å². The Bertz CT molecular complexity index is 2500. The van der Waals surface area contributed by atoms with E-state index in [1.165, 1.54) is 44.8 Å². The molecule has 0 aliphatic carbocycles. The lowest BCUT2D eigenvalue weighted by Gasteiger charge is -2.39. The molecule has 2 fully saturated rings. The van der Waals surface area contributed by atoms with Gasteiger partial charge in [-0.1, -0.05) is 122 Å². The molecule has 442 valence electrons. The van der Waals surface area contributed by atoms with E-state index in [4.69, 9.17) is 4.74 Å². The summed E-state index contributed by atoms with van der Waals surface area (Å²) in [7, 11) is 5.37. The highest BCUT2D eigenvalue weighted by molar-refractivity contribution is 5.99. The maximum atomic E-state index is 15.3. The molecule has 11 atom stereocenters. The molecule has 21 heteroatoms. The summed E-state index contributed by atoms with van der Waals surface area (Å²) in [5.74, 6) is -10.9. The number of nitrogens with one attached hydrogen (secondary N) is 3. The highest BCUT2D eigenvalue weighted by atomic mass is 16.6. The van der Waals surface area contributed by atoms with Crippen molar-refractivity contribution in [3.8, 4) is 0 Å². The first-order valence-corrected chi connectivity index (χ1v) is 28.0. The number of benzene rings is 2. The van der Waals surface area contributed by atoms with Crippen LogP contribution in [0.3, 0.4) is 0 Å². The van der Waals surface area contributed by atoms with E-state index < -0.39 is 156 Å². The Balaban J connectivity index is 1.98. The molecule has 2 heterocycles. The Morgan fingerprint density at radius 1 is 0.625 bits per heavy atom. The zero-order valence-electron chi connectivity index (χ0n) is 49.3. The van der Waals surface area contributed by atoms with E-state index in [9.17, 15) is 48.6 Å². The second kappa shape index (κ2) is 29.0. The average Bonchev–Trinajstić information content (AvgIpc) is 3.91. The van der Waals surface area contributed by atoms with E-state index in [1.54, 1.807) is 90.9 Å². The van der Waals surface area contributed by atoms with Gasteiger partial charge in [-0.3, -0.25) is 43.2 Å². The van der Waals surface area contributed by atoms with Gasteiger partial charge in [0.25, 0.3) is 5.91 Å². The van der Waals surface area contributed by atoms with Gasteiger partial charge in [0.05, 0.1) is 5.60 Å². The first-order chi connectivity index (χ1) is 37.5. The molecule has 2 aliphatic rings. The lowest BCUT2D eigenvalue weighted by Crippen LogP contribution is -2.63. The second-order valence-corrected chi connectivity index (χ2v) is 23.0. The minimum atomic E-state index is -2.09. The predicted molar refractivity (Wildman–Crippen MR) is 299 cm³/mol. The maximum absolute atomic E-state index is 15.3. The fourth-order valence-corrected chi connectivity index (χ4v) is 10.8. The van der Waals surface area contributed by atoms with Gasteiger partial charge in [-0.25, -0.2) is 4.79 Å². The Kier molecular flexibility index (Phi) is 23.8. The first kappa shape index (κ1) is 65.6. The average molecular weight is 1120 g/mol. The van der Waals surface area contributed by atoms with Crippen molar-refractivity contribution in [1.29, 1.82) is 0 Å². The molecule has 0 unspecified atom stereocenters. The minimum Gasteiger partial charge on any atom is -0.481 e. The molecule has 2 aliphatic heterocycles. The topological polar surface area (TPSA) is 273 Å². The molecular weight excluding hydrogens is 1030 g/mol. The van der Waals surface area contributed by atoms with E-state index in [1.807, 2.05) is 25.1 Å². The number of carbonyl (C=O) groups is 10.